The van der Waals surface area contributed by atoms with Crippen LogP contribution in [-0.2, 0) is 17.6 Å². The SMILES string of the molecule is CCCc1ccc(C#Cc2c(-c3ccc(CCC)cc3)oc(C)c2C(=O)OCC)cc1. The monoisotopic (exact) mass is 414 g/mol. The lowest BCUT2D eigenvalue weighted by molar-refractivity contribution is 0.0524. The summed E-state index contributed by atoms with van der Waals surface area (Å²) in [6, 6.07) is 16.5. The van der Waals surface area contributed by atoms with E-state index in [-0.39, 0.29) is 0 Å². The van der Waals surface area contributed by atoms with Crippen molar-refractivity contribution in [1.29, 1.82) is 0 Å². The molecule has 0 saturated carbocycles. The molecule has 0 saturated heterocycles. The fourth-order valence-corrected chi connectivity index (χ4v) is 3.61. The Labute approximate surface area is 185 Å². The minimum absolute atomic E-state index is 0.302. The van der Waals surface area contributed by atoms with Gasteiger partial charge in [0.1, 0.15) is 11.3 Å². The van der Waals surface area contributed by atoms with Crippen LogP contribution in [0.2, 0.25) is 0 Å². The first kappa shape index (κ1) is 22.4. The van der Waals surface area contributed by atoms with Crippen molar-refractivity contribution in [2.75, 3.05) is 6.61 Å². The van der Waals surface area contributed by atoms with Gasteiger partial charge in [-0.25, -0.2) is 4.79 Å². The Bertz CT molecular complexity index is 1070. The molecule has 3 nitrogen and oxygen atoms in total. The number of aryl methyl sites for hydroxylation is 3. The van der Waals surface area contributed by atoms with Crippen LogP contribution in [-0.4, -0.2) is 12.6 Å². The highest BCUT2D eigenvalue weighted by molar-refractivity contribution is 5.96. The Morgan fingerprint density at radius 2 is 1.45 bits per heavy atom. The highest BCUT2D eigenvalue weighted by Crippen LogP contribution is 2.32. The summed E-state index contributed by atoms with van der Waals surface area (Å²) in [4.78, 5) is 12.6. The molecule has 0 radical (unpaired) electrons. The van der Waals surface area contributed by atoms with Crippen LogP contribution >= 0.6 is 0 Å². The molecule has 0 amide bonds. The molecule has 0 N–H and O–H groups in total. The lowest BCUT2D eigenvalue weighted by Crippen LogP contribution is -2.07. The number of carbonyl (C=O) groups excluding carboxylic acids is 1. The number of furan rings is 1. The highest BCUT2D eigenvalue weighted by atomic mass is 16.5. The van der Waals surface area contributed by atoms with E-state index >= 15 is 0 Å². The lowest BCUT2D eigenvalue weighted by atomic mass is 10.0. The molecule has 3 rings (SSSR count). The van der Waals surface area contributed by atoms with Crippen molar-refractivity contribution >= 4 is 5.97 Å². The van der Waals surface area contributed by atoms with Crippen molar-refractivity contribution in [1.82, 2.24) is 0 Å². The number of carbonyl (C=O) groups is 1. The van der Waals surface area contributed by atoms with Crippen molar-refractivity contribution < 1.29 is 13.9 Å². The van der Waals surface area contributed by atoms with Gasteiger partial charge in [-0.1, -0.05) is 74.9 Å². The Kier molecular flexibility index (Phi) is 7.73. The maximum absolute atomic E-state index is 12.6. The van der Waals surface area contributed by atoms with Gasteiger partial charge in [-0.2, -0.15) is 0 Å². The third-order valence-electron chi connectivity index (χ3n) is 5.14. The van der Waals surface area contributed by atoms with E-state index in [2.05, 4.69) is 50.0 Å². The van der Waals surface area contributed by atoms with E-state index in [0.717, 1.165) is 36.8 Å². The smallest absolute Gasteiger partial charge is 0.343 e. The summed E-state index contributed by atoms with van der Waals surface area (Å²) in [6.07, 6.45) is 4.30. The summed E-state index contributed by atoms with van der Waals surface area (Å²) >= 11 is 0. The zero-order valence-corrected chi connectivity index (χ0v) is 18.9. The third-order valence-corrected chi connectivity index (χ3v) is 5.14. The van der Waals surface area contributed by atoms with Crippen molar-refractivity contribution in [2.24, 2.45) is 0 Å². The van der Waals surface area contributed by atoms with Gasteiger partial charge in [0, 0.05) is 11.1 Å². The molecular formula is C28H30O3. The summed E-state index contributed by atoms with van der Waals surface area (Å²) in [5, 5.41) is 0. The largest absolute Gasteiger partial charge is 0.462 e. The molecule has 0 spiro atoms. The molecule has 0 atom stereocenters. The van der Waals surface area contributed by atoms with Gasteiger partial charge in [0.25, 0.3) is 0 Å². The molecule has 2 aromatic carbocycles. The van der Waals surface area contributed by atoms with Gasteiger partial charge >= 0.3 is 5.97 Å². The summed E-state index contributed by atoms with van der Waals surface area (Å²) < 4.78 is 11.3. The molecule has 160 valence electrons. The van der Waals surface area contributed by atoms with Gasteiger partial charge < -0.3 is 9.15 Å². The molecule has 0 aliphatic rings. The summed E-state index contributed by atoms with van der Waals surface area (Å²) in [7, 11) is 0. The van der Waals surface area contributed by atoms with Crippen molar-refractivity contribution in [3.8, 4) is 23.2 Å². The highest BCUT2D eigenvalue weighted by Gasteiger charge is 2.24. The average Bonchev–Trinajstić information content (AvgIpc) is 3.10. The van der Waals surface area contributed by atoms with Crippen LogP contribution < -0.4 is 0 Å². The number of ether oxygens (including phenoxy) is 1. The van der Waals surface area contributed by atoms with Crippen LogP contribution in [0.1, 0.15) is 72.0 Å². The molecule has 0 fully saturated rings. The van der Waals surface area contributed by atoms with E-state index in [1.807, 2.05) is 24.3 Å². The Morgan fingerprint density at radius 1 is 0.871 bits per heavy atom. The molecule has 3 heteroatoms. The molecule has 31 heavy (non-hydrogen) atoms. The molecule has 1 heterocycles. The zero-order valence-electron chi connectivity index (χ0n) is 18.9. The normalized spacial score (nSPS) is 10.5. The van der Waals surface area contributed by atoms with E-state index in [1.165, 1.54) is 11.1 Å². The van der Waals surface area contributed by atoms with Gasteiger partial charge in [-0.3, -0.25) is 0 Å². The average molecular weight is 415 g/mol. The van der Waals surface area contributed by atoms with E-state index in [1.54, 1.807) is 13.8 Å². The fraction of sp³-hybridized carbons (Fsp3) is 0.321. The summed E-state index contributed by atoms with van der Waals surface area (Å²) in [6.45, 7) is 8.21. The molecule has 0 aliphatic heterocycles. The number of hydrogen-bond donors (Lipinski definition) is 0. The number of rotatable bonds is 7. The molecule has 0 aliphatic carbocycles. The first-order valence-electron chi connectivity index (χ1n) is 11.1. The standard InChI is InChI=1S/C28H30O3/c1-5-8-21-10-12-23(13-11-21)16-19-25-26(28(29)30-7-3)20(4)31-27(25)24-17-14-22(9-6-2)15-18-24/h10-15,17-18H,5-9H2,1-4H3. The van der Waals surface area contributed by atoms with Crippen LogP contribution in [0.5, 0.6) is 0 Å². The van der Waals surface area contributed by atoms with Gasteiger partial charge in [0.2, 0.25) is 0 Å². The lowest BCUT2D eigenvalue weighted by Gasteiger charge is -2.03. The van der Waals surface area contributed by atoms with Crippen molar-refractivity contribution in [3.05, 3.63) is 82.1 Å². The minimum atomic E-state index is -0.403. The topological polar surface area (TPSA) is 39.4 Å². The van der Waals surface area contributed by atoms with Gasteiger partial charge in [0.15, 0.2) is 5.76 Å². The zero-order chi connectivity index (χ0) is 22.2. The van der Waals surface area contributed by atoms with Crippen LogP contribution in [0.25, 0.3) is 11.3 Å². The Morgan fingerprint density at radius 3 is 2.00 bits per heavy atom. The molecule has 1 aromatic heterocycles. The molecule has 3 aromatic rings. The number of benzene rings is 2. The summed E-state index contributed by atoms with van der Waals surface area (Å²) in [5.74, 6) is 7.14. The van der Waals surface area contributed by atoms with Gasteiger partial charge in [0.05, 0.1) is 12.2 Å². The second-order valence-electron chi connectivity index (χ2n) is 7.60. The Balaban J connectivity index is 2.04. The number of hydrogen-bond acceptors (Lipinski definition) is 3. The maximum atomic E-state index is 12.6. The molecule has 0 bridgehead atoms. The van der Waals surface area contributed by atoms with Gasteiger partial charge in [-0.05, 0) is 49.9 Å². The fourth-order valence-electron chi connectivity index (χ4n) is 3.61. The summed E-state index contributed by atoms with van der Waals surface area (Å²) in [5.41, 5.74) is 5.37. The van der Waals surface area contributed by atoms with Crippen LogP contribution in [0, 0.1) is 18.8 Å². The number of esters is 1. The minimum Gasteiger partial charge on any atom is -0.462 e. The third kappa shape index (κ3) is 5.47. The first-order valence-corrected chi connectivity index (χ1v) is 11.1. The van der Waals surface area contributed by atoms with E-state index < -0.39 is 5.97 Å². The van der Waals surface area contributed by atoms with Crippen LogP contribution in [0.15, 0.2) is 52.9 Å². The quantitative estimate of drug-likeness (QED) is 0.318. The van der Waals surface area contributed by atoms with Gasteiger partial charge in [-0.15, -0.1) is 0 Å². The Hall–Kier alpha value is -3.25. The second kappa shape index (κ2) is 10.7. The molecule has 0 unspecified atom stereocenters. The van der Waals surface area contributed by atoms with E-state index in [9.17, 15) is 4.79 Å². The molecular weight excluding hydrogens is 384 g/mol. The predicted molar refractivity (Wildman–Crippen MR) is 125 cm³/mol. The van der Waals surface area contributed by atoms with Crippen LogP contribution in [0.4, 0.5) is 0 Å². The first-order chi connectivity index (χ1) is 15.1. The van der Waals surface area contributed by atoms with E-state index in [0.29, 0.717) is 29.3 Å². The second-order valence-corrected chi connectivity index (χ2v) is 7.60. The van der Waals surface area contributed by atoms with Crippen molar-refractivity contribution in [3.63, 3.8) is 0 Å². The van der Waals surface area contributed by atoms with Crippen LogP contribution in [0.3, 0.4) is 0 Å². The predicted octanol–water partition coefficient (Wildman–Crippen LogP) is 6.74. The van der Waals surface area contributed by atoms with Crippen molar-refractivity contribution in [2.45, 2.75) is 53.4 Å². The maximum Gasteiger partial charge on any atom is 0.343 e. The van der Waals surface area contributed by atoms with E-state index in [4.69, 9.17) is 9.15 Å².